The second-order valence-corrected chi connectivity index (χ2v) is 3.92. The lowest BCUT2D eigenvalue weighted by Crippen LogP contribution is -2.33. The van der Waals surface area contributed by atoms with E-state index in [2.05, 4.69) is 6.92 Å². The number of ether oxygens (including phenoxy) is 1. The normalized spacial score (nSPS) is 26.9. The van der Waals surface area contributed by atoms with Crippen molar-refractivity contribution in [3.8, 4) is 0 Å². The predicted octanol–water partition coefficient (Wildman–Crippen LogP) is 1.74. The zero-order chi connectivity index (χ0) is 11.3. The highest BCUT2D eigenvalue weighted by Gasteiger charge is 2.36. The molecule has 0 aromatic carbocycles. The summed E-state index contributed by atoms with van der Waals surface area (Å²) in [6, 6.07) is -0.216. The second kappa shape index (κ2) is 6.08. The van der Waals surface area contributed by atoms with Gasteiger partial charge in [0.1, 0.15) is 6.04 Å². The Balaban J connectivity index is 2.38. The van der Waals surface area contributed by atoms with E-state index >= 15 is 0 Å². The number of rotatable bonds is 5. The van der Waals surface area contributed by atoms with E-state index in [1.165, 1.54) is 0 Å². The van der Waals surface area contributed by atoms with Crippen LogP contribution in [0.2, 0.25) is 0 Å². The Bertz CT molecular complexity index is 208. The van der Waals surface area contributed by atoms with Gasteiger partial charge in [-0.1, -0.05) is 19.8 Å². The average Bonchev–Trinajstić information content (AvgIpc) is 2.57. The summed E-state index contributed by atoms with van der Waals surface area (Å²) < 4.78 is 4.99. The highest BCUT2D eigenvalue weighted by Crippen LogP contribution is 2.23. The molecule has 0 spiro atoms. The van der Waals surface area contributed by atoms with Crippen molar-refractivity contribution in [2.45, 2.75) is 51.7 Å². The monoisotopic (exact) mass is 215 g/mol. The summed E-state index contributed by atoms with van der Waals surface area (Å²) in [5, 5.41) is 1.64. The lowest BCUT2D eigenvalue weighted by atomic mass is 10.1. The van der Waals surface area contributed by atoms with Crippen molar-refractivity contribution < 1.29 is 14.4 Å². The van der Waals surface area contributed by atoms with Gasteiger partial charge < -0.3 is 4.74 Å². The molecule has 2 atom stereocenters. The van der Waals surface area contributed by atoms with Crippen molar-refractivity contribution in [3.05, 3.63) is 0 Å². The molecule has 15 heavy (non-hydrogen) atoms. The van der Waals surface area contributed by atoms with Crippen LogP contribution in [0.5, 0.6) is 0 Å². The van der Waals surface area contributed by atoms with Crippen molar-refractivity contribution in [1.82, 2.24) is 5.06 Å². The standard InChI is InChI=1S/C11H21NO3/c1-4-6-7-9-8-10(12(3)15-9)11(13)14-5-2/h9-10H,4-8H2,1-3H3/t9-,10-/m0/s1. The Kier molecular flexibility index (Phi) is 5.05. The molecule has 0 aromatic heterocycles. The van der Waals surface area contributed by atoms with Gasteiger partial charge in [-0.15, -0.1) is 0 Å². The van der Waals surface area contributed by atoms with E-state index in [1.807, 2.05) is 6.92 Å². The van der Waals surface area contributed by atoms with Gasteiger partial charge in [0.25, 0.3) is 0 Å². The van der Waals surface area contributed by atoms with Crippen LogP contribution in [0, 0.1) is 0 Å². The predicted molar refractivity (Wildman–Crippen MR) is 57.2 cm³/mol. The van der Waals surface area contributed by atoms with Gasteiger partial charge in [-0.3, -0.25) is 9.63 Å². The van der Waals surface area contributed by atoms with Gasteiger partial charge in [0, 0.05) is 13.5 Å². The summed E-state index contributed by atoms with van der Waals surface area (Å²) >= 11 is 0. The molecule has 1 aliphatic heterocycles. The number of hydrogen-bond acceptors (Lipinski definition) is 4. The Morgan fingerprint density at radius 2 is 2.27 bits per heavy atom. The maximum atomic E-state index is 11.5. The summed E-state index contributed by atoms with van der Waals surface area (Å²) in [6.45, 7) is 4.41. The fourth-order valence-electron chi connectivity index (χ4n) is 1.83. The molecule has 0 aliphatic carbocycles. The van der Waals surface area contributed by atoms with Gasteiger partial charge in [0.15, 0.2) is 0 Å². The molecular weight excluding hydrogens is 194 g/mol. The molecule has 0 aromatic rings. The third-order valence-electron chi connectivity index (χ3n) is 2.68. The molecule has 4 nitrogen and oxygen atoms in total. The first kappa shape index (κ1) is 12.5. The molecule has 1 heterocycles. The van der Waals surface area contributed by atoms with Crippen LogP contribution in [0.25, 0.3) is 0 Å². The van der Waals surface area contributed by atoms with E-state index in [0.717, 1.165) is 25.7 Å². The van der Waals surface area contributed by atoms with Crippen molar-refractivity contribution in [3.63, 3.8) is 0 Å². The molecule has 1 aliphatic rings. The number of unbranched alkanes of at least 4 members (excludes halogenated alkanes) is 1. The number of esters is 1. The van der Waals surface area contributed by atoms with Crippen LogP contribution in [0.4, 0.5) is 0 Å². The summed E-state index contributed by atoms with van der Waals surface area (Å²) in [4.78, 5) is 17.1. The lowest BCUT2D eigenvalue weighted by Gasteiger charge is -2.15. The lowest BCUT2D eigenvalue weighted by molar-refractivity contribution is -0.172. The first-order chi connectivity index (χ1) is 7.19. The molecule has 0 N–H and O–H groups in total. The number of carbonyl (C=O) groups excluding carboxylic acids is 1. The minimum absolute atomic E-state index is 0.168. The average molecular weight is 215 g/mol. The topological polar surface area (TPSA) is 38.8 Å². The minimum atomic E-state index is -0.216. The largest absolute Gasteiger partial charge is 0.465 e. The van der Waals surface area contributed by atoms with Crippen molar-refractivity contribution in [2.75, 3.05) is 13.7 Å². The summed E-state index contributed by atoms with van der Waals surface area (Å²) in [5.74, 6) is -0.168. The molecular formula is C11H21NO3. The maximum absolute atomic E-state index is 11.5. The molecule has 1 fully saturated rings. The Labute approximate surface area is 91.5 Å². The molecule has 0 saturated carbocycles. The quantitative estimate of drug-likeness (QED) is 0.655. The fourth-order valence-corrected chi connectivity index (χ4v) is 1.83. The molecule has 1 rings (SSSR count). The first-order valence-corrected chi connectivity index (χ1v) is 5.75. The van der Waals surface area contributed by atoms with Gasteiger partial charge >= 0.3 is 5.97 Å². The second-order valence-electron chi connectivity index (χ2n) is 3.92. The number of nitrogens with zero attached hydrogens (tertiary/aromatic N) is 1. The van der Waals surface area contributed by atoms with Crippen molar-refractivity contribution >= 4 is 5.97 Å². The Morgan fingerprint density at radius 3 is 2.87 bits per heavy atom. The zero-order valence-electron chi connectivity index (χ0n) is 9.86. The molecule has 88 valence electrons. The number of hydroxylamine groups is 2. The number of likely N-dealkylation sites (N-methyl/N-ethyl adjacent to an activating group) is 1. The molecule has 0 amide bonds. The van der Waals surface area contributed by atoms with Crippen molar-refractivity contribution in [2.24, 2.45) is 0 Å². The van der Waals surface area contributed by atoms with Gasteiger partial charge in [0.05, 0.1) is 12.7 Å². The van der Waals surface area contributed by atoms with E-state index in [-0.39, 0.29) is 18.1 Å². The van der Waals surface area contributed by atoms with Crippen LogP contribution in [-0.4, -0.2) is 36.8 Å². The Hall–Kier alpha value is -0.610. The smallest absolute Gasteiger partial charge is 0.325 e. The van der Waals surface area contributed by atoms with E-state index in [0.29, 0.717) is 6.61 Å². The summed E-state index contributed by atoms with van der Waals surface area (Å²) in [5.41, 5.74) is 0. The highest BCUT2D eigenvalue weighted by atomic mass is 16.7. The fraction of sp³-hybridized carbons (Fsp3) is 0.909. The van der Waals surface area contributed by atoms with Gasteiger partial charge in [-0.2, -0.15) is 5.06 Å². The van der Waals surface area contributed by atoms with Crippen molar-refractivity contribution in [1.29, 1.82) is 0 Å². The molecule has 4 heteroatoms. The SMILES string of the molecule is CCCC[C@H]1C[C@@H](C(=O)OCC)N(C)O1. The highest BCUT2D eigenvalue weighted by molar-refractivity contribution is 5.75. The number of hydrogen-bond donors (Lipinski definition) is 0. The van der Waals surface area contributed by atoms with E-state index in [1.54, 1.807) is 12.1 Å². The van der Waals surface area contributed by atoms with Crippen LogP contribution in [0.15, 0.2) is 0 Å². The number of carbonyl (C=O) groups is 1. The summed E-state index contributed by atoms with van der Waals surface area (Å²) in [7, 11) is 1.80. The van der Waals surface area contributed by atoms with Crippen LogP contribution in [0.1, 0.15) is 39.5 Å². The van der Waals surface area contributed by atoms with Crippen LogP contribution in [0.3, 0.4) is 0 Å². The van der Waals surface area contributed by atoms with E-state index in [9.17, 15) is 4.79 Å². The maximum Gasteiger partial charge on any atom is 0.325 e. The van der Waals surface area contributed by atoms with Gasteiger partial charge in [0.2, 0.25) is 0 Å². The van der Waals surface area contributed by atoms with Gasteiger partial charge in [-0.25, -0.2) is 0 Å². The zero-order valence-corrected chi connectivity index (χ0v) is 9.86. The molecule has 0 bridgehead atoms. The van der Waals surface area contributed by atoms with Crippen LogP contribution in [-0.2, 0) is 14.4 Å². The molecule has 1 saturated heterocycles. The summed E-state index contributed by atoms with van der Waals surface area (Å²) in [6.07, 6.45) is 4.28. The van der Waals surface area contributed by atoms with E-state index < -0.39 is 0 Å². The minimum Gasteiger partial charge on any atom is -0.465 e. The third-order valence-corrected chi connectivity index (χ3v) is 2.68. The van der Waals surface area contributed by atoms with Crippen LogP contribution < -0.4 is 0 Å². The van der Waals surface area contributed by atoms with Gasteiger partial charge in [-0.05, 0) is 13.3 Å². The molecule has 0 unspecified atom stereocenters. The first-order valence-electron chi connectivity index (χ1n) is 5.75. The van der Waals surface area contributed by atoms with Crippen LogP contribution >= 0.6 is 0 Å². The third kappa shape index (κ3) is 3.47. The van der Waals surface area contributed by atoms with E-state index in [4.69, 9.17) is 9.57 Å². The molecule has 0 radical (unpaired) electrons. The Morgan fingerprint density at radius 1 is 1.53 bits per heavy atom.